The molecule has 31 heavy (non-hydrogen) atoms. The van der Waals surface area contributed by atoms with Gasteiger partial charge in [0.1, 0.15) is 5.75 Å². The second-order valence-corrected chi connectivity index (χ2v) is 10.4. The van der Waals surface area contributed by atoms with Crippen LogP contribution in [-0.2, 0) is 15.4 Å². The molecule has 1 spiro atoms. The van der Waals surface area contributed by atoms with E-state index in [2.05, 4.69) is 16.4 Å². The molecule has 5 rings (SSSR count). The Morgan fingerprint density at radius 1 is 1.16 bits per heavy atom. The highest BCUT2D eigenvalue weighted by Crippen LogP contribution is 2.46. The Morgan fingerprint density at radius 2 is 1.90 bits per heavy atom. The summed E-state index contributed by atoms with van der Waals surface area (Å²) in [6, 6.07) is 14.5. The van der Waals surface area contributed by atoms with E-state index in [9.17, 15) is 13.5 Å². The maximum Gasteiger partial charge on any atom is 0.243 e. The van der Waals surface area contributed by atoms with Crippen molar-refractivity contribution in [1.82, 2.24) is 14.6 Å². The number of H-pyrrole nitrogens is 1. The number of nitrogens with one attached hydrogen (secondary N) is 2. The third-order valence-corrected chi connectivity index (χ3v) is 8.76. The zero-order valence-corrected chi connectivity index (χ0v) is 18.3. The Hall–Kier alpha value is -2.39. The quantitative estimate of drug-likeness (QED) is 0.578. The first-order valence-electron chi connectivity index (χ1n) is 10.6. The van der Waals surface area contributed by atoms with Crippen molar-refractivity contribution >= 4 is 20.9 Å². The number of hydrogen-bond donors (Lipinski definition) is 3. The minimum atomic E-state index is -3.50. The third kappa shape index (κ3) is 3.25. The second kappa shape index (κ2) is 7.63. The molecular formula is C23H27N3O4S. The van der Waals surface area contributed by atoms with E-state index in [-0.39, 0.29) is 18.1 Å². The van der Waals surface area contributed by atoms with Crippen LogP contribution in [0, 0.1) is 0 Å². The Bertz CT molecular complexity index is 1200. The van der Waals surface area contributed by atoms with Gasteiger partial charge in [-0.05, 0) is 42.7 Å². The second-order valence-electron chi connectivity index (χ2n) is 8.44. The smallest absolute Gasteiger partial charge is 0.243 e. The van der Waals surface area contributed by atoms with Crippen LogP contribution in [0.5, 0.6) is 5.75 Å². The molecule has 7 nitrogen and oxygen atoms in total. The average Bonchev–Trinajstić information content (AvgIpc) is 3.20. The van der Waals surface area contributed by atoms with Crippen LogP contribution in [0.15, 0.2) is 53.4 Å². The van der Waals surface area contributed by atoms with Crippen LogP contribution in [0.4, 0.5) is 0 Å². The summed E-state index contributed by atoms with van der Waals surface area (Å²) in [6.07, 6.45) is 1.44. The number of aromatic amines is 1. The van der Waals surface area contributed by atoms with Crippen LogP contribution in [-0.4, -0.2) is 56.2 Å². The predicted octanol–water partition coefficient (Wildman–Crippen LogP) is 2.54. The van der Waals surface area contributed by atoms with Gasteiger partial charge < -0.3 is 20.1 Å². The lowest BCUT2D eigenvalue weighted by Gasteiger charge is -2.46. The zero-order valence-electron chi connectivity index (χ0n) is 17.5. The van der Waals surface area contributed by atoms with Crippen molar-refractivity contribution in [3.63, 3.8) is 0 Å². The van der Waals surface area contributed by atoms with E-state index in [1.54, 1.807) is 35.7 Å². The fourth-order valence-corrected chi connectivity index (χ4v) is 6.61. The van der Waals surface area contributed by atoms with Gasteiger partial charge in [-0.1, -0.05) is 18.2 Å². The molecule has 2 aliphatic rings. The first kappa shape index (κ1) is 20.5. The Balaban J connectivity index is 1.51. The van der Waals surface area contributed by atoms with Gasteiger partial charge in [-0.25, -0.2) is 8.42 Å². The SMILES string of the molecule is COc1ccc2c3c([nH]c2c1)[C@H](CO)NCC31CCN(S(=O)(=O)c2ccccc2)CC1. The summed E-state index contributed by atoms with van der Waals surface area (Å²) in [4.78, 5) is 3.84. The first-order chi connectivity index (χ1) is 15.0. The molecule has 3 heterocycles. The lowest BCUT2D eigenvalue weighted by atomic mass is 9.69. The van der Waals surface area contributed by atoms with E-state index < -0.39 is 10.0 Å². The van der Waals surface area contributed by atoms with Crippen molar-refractivity contribution in [2.75, 3.05) is 33.4 Å². The summed E-state index contributed by atoms with van der Waals surface area (Å²) in [6.45, 7) is 1.64. The van der Waals surface area contributed by atoms with Crippen molar-refractivity contribution < 1.29 is 18.3 Å². The maximum atomic E-state index is 13.1. The van der Waals surface area contributed by atoms with Crippen LogP contribution in [0.25, 0.3) is 10.9 Å². The standard InChI is InChI=1S/C23H27N3O4S/c1-30-16-7-8-18-19(13-16)25-22-20(14-27)24-15-23(21(18)22)9-11-26(12-10-23)31(28,29)17-5-3-2-4-6-17/h2-8,13,20,24-25,27H,9-12,14-15H2,1H3/t20-/m0/s1. The summed E-state index contributed by atoms with van der Waals surface area (Å²) in [5.74, 6) is 0.775. The fourth-order valence-electron chi connectivity index (χ4n) is 5.14. The van der Waals surface area contributed by atoms with E-state index in [4.69, 9.17) is 4.74 Å². The van der Waals surface area contributed by atoms with Gasteiger partial charge in [0.25, 0.3) is 0 Å². The molecule has 0 aliphatic carbocycles. The van der Waals surface area contributed by atoms with Crippen LogP contribution < -0.4 is 10.1 Å². The number of aliphatic hydroxyl groups is 1. The highest BCUT2D eigenvalue weighted by Gasteiger charge is 2.45. The largest absolute Gasteiger partial charge is 0.497 e. The molecule has 164 valence electrons. The number of methoxy groups -OCH3 is 1. The first-order valence-corrected chi connectivity index (χ1v) is 12.0. The topological polar surface area (TPSA) is 94.7 Å². The lowest BCUT2D eigenvalue weighted by Crippen LogP contribution is -2.53. The molecule has 3 aromatic rings. The average molecular weight is 442 g/mol. The molecule has 1 aromatic heterocycles. The molecule has 8 heteroatoms. The summed E-state index contributed by atoms with van der Waals surface area (Å²) in [5.41, 5.74) is 3.00. The van der Waals surface area contributed by atoms with Crippen LogP contribution in [0.1, 0.15) is 30.1 Å². The van der Waals surface area contributed by atoms with Gasteiger partial charge in [0.05, 0.1) is 24.7 Å². The summed E-state index contributed by atoms with van der Waals surface area (Å²) < 4.78 is 33.2. The van der Waals surface area contributed by atoms with E-state index in [1.165, 1.54) is 5.56 Å². The normalized spacial score (nSPS) is 21.3. The molecule has 1 atom stereocenters. The number of rotatable bonds is 4. The van der Waals surface area contributed by atoms with E-state index in [1.807, 2.05) is 18.2 Å². The van der Waals surface area contributed by atoms with Gasteiger partial charge in [0.15, 0.2) is 0 Å². The van der Waals surface area contributed by atoms with Crippen LogP contribution in [0.2, 0.25) is 0 Å². The number of piperidine rings is 1. The molecule has 0 radical (unpaired) electrons. The number of aromatic nitrogens is 1. The monoisotopic (exact) mass is 441 g/mol. The van der Waals surface area contributed by atoms with Gasteiger partial charge in [-0.2, -0.15) is 4.31 Å². The molecule has 1 fully saturated rings. The van der Waals surface area contributed by atoms with Crippen molar-refractivity contribution in [3.8, 4) is 5.75 Å². The summed E-state index contributed by atoms with van der Waals surface area (Å²) in [7, 11) is -1.85. The third-order valence-electron chi connectivity index (χ3n) is 6.84. The highest BCUT2D eigenvalue weighted by molar-refractivity contribution is 7.89. The molecule has 2 aromatic carbocycles. The number of nitrogens with zero attached hydrogens (tertiary/aromatic N) is 1. The minimum Gasteiger partial charge on any atom is -0.497 e. The number of ether oxygens (including phenoxy) is 1. The maximum absolute atomic E-state index is 13.1. The van der Waals surface area contributed by atoms with Crippen LogP contribution >= 0.6 is 0 Å². The summed E-state index contributed by atoms with van der Waals surface area (Å²) >= 11 is 0. The van der Waals surface area contributed by atoms with Gasteiger partial charge >= 0.3 is 0 Å². The molecule has 0 unspecified atom stereocenters. The highest BCUT2D eigenvalue weighted by atomic mass is 32.2. The lowest BCUT2D eigenvalue weighted by molar-refractivity contribution is 0.178. The van der Waals surface area contributed by atoms with Crippen LogP contribution in [0.3, 0.4) is 0 Å². The molecule has 0 amide bonds. The molecule has 1 saturated heterocycles. The number of aliphatic hydroxyl groups excluding tert-OH is 1. The zero-order chi connectivity index (χ0) is 21.6. The molecule has 3 N–H and O–H groups in total. The van der Waals surface area contributed by atoms with Gasteiger partial charge in [0.2, 0.25) is 10.0 Å². The molecule has 2 aliphatic heterocycles. The Kier molecular flexibility index (Phi) is 5.05. The number of hydrogen-bond acceptors (Lipinski definition) is 5. The van der Waals surface area contributed by atoms with Crippen molar-refractivity contribution in [2.45, 2.75) is 29.2 Å². The van der Waals surface area contributed by atoms with Gasteiger partial charge in [-0.3, -0.25) is 0 Å². The fraction of sp³-hybridized carbons (Fsp3) is 0.391. The van der Waals surface area contributed by atoms with Crippen molar-refractivity contribution in [1.29, 1.82) is 0 Å². The molecule has 0 bridgehead atoms. The van der Waals surface area contributed by atoms with E-state index in [0.717, 1.165) is 35.2 Å². The number of fused-ring (bicyclic) bond motifs is 4. The summed E-state index contributed by atoms with van der Waals surface area (Å²) in [5, 5.41) is 14.5. The Morgan fingerprint density at radius 3 is 2.58 bits per heavy atom. The molecular weight excluding hydrogens is 414 g/mol. The van der Waals surface area contributed by atoms with E-state index in [0.29, 0.717) is 24.5 Å². The van der Waals surface area contributed by atoms with Crippen molar-refractivity contribution in [3.05, 3.63) is 59.8 Å². The van der Waals surface area contributed by atoms with Gasteiger partial charge in [-0.15, -0.1) is 0 Å². The Labute approximate surface area is 182 Å². The number of benzene rings is 2. The molecule has 0 saturated carbocycles. The number of sulfonamides is 1. The van der Waals surface area contributed by atoms with Gasteiger partial charge in [0, 0.05) is 47.7 Å². The van der Waals surface area contributed by atoms with Crippen molar-refractivity contribution in [2.24, 2.45) is 0 Å². The van der Waals surface area contributed by atoms with E-state index >= 15 is 0 Å². The predicted molar refractivity (Wildman–Crippen MR) is 119 cm³/mol. The minimum absolute atomic E-state index is 0.00154.